The van der Waals surface area contributed by atoms with Crippen LogP contribution in [0.25, 0.3) is 0 Å². The van der Waals surface area contributed by atoms with Gasteiger partial charge in [-0.25, -0.2) is 0 Å². The zero-order chi connectivity index (χ0) is 13.3. The van der Waals surface area contributed by atoms with Gasteiger partial charge >= 0.3 is 6.18 Å². The van der Waals surface area contributed by atoms with Crippen LogP contribution in [-0.4, -0.2) is 16.7 Å². The van der Waals surface area contributed by atoms with Crippen LogP contribution in [0, 0.1) is 17.2 Å². The molecule has 0 radical (unpaired) electrons. The van der Waals surface area contributed by atoms with Gasteiger partial charge < -0.3 is 0 Å². The molecule has 4 nitrogen and oxygen atoms in total. The Morgan fingerprint density at radius 1 is 1.33 bits per heavy atom. The van der Waals surface area contributed by atoms with Crippen LogP contribution in [0.2, 0.25) is 0 Å². The van der Waals surface area contributed by atoms with Crippen molar-refractivity contribution in [1.82, 2.24) is 0 Å². The lowest BCUT2D eigenvalue weighted by Gasteiger charge is -2.09. The number of nitriles is 1. The third kappa shape index (κ3) is 1.93. The molecular weight excluding hydrogens is 245 g/mol. The third-order valence-corrected chi connectivity index (χ3v) is 2.47. The van der Waals surface area contributed by atoms with Crippen LogP contribution in [-0.2, 0) is 6.18 Å². The van der Waals surface area contributed by atoms with Crippen molar-refractivity contribution in [1.29, 1.82) is 5.26 Å². The lowest BCUT2D eigenvalue weighted by Crippen LogP contribution is -2.26. The number of halogens is 3. The first-order chi connectivity index (χ1) is 8.45. The van der Waals surface area contributed by atoms with Gasteiger partial charge in [0.25, 0.3) is 5.84 Å². The van der Waals surface area contributed by atoms with Gasteiger partial charge in [-0.1, -0.05) is 21.9 Å². The highest BCUT2D eigenvalue weighted by Gasteiger charge is 2.38. The highest BCUT2D eigenvalue weighted by molar-refractivity contribution is 5.98. The topological polar surface area (TPSA) is 65.2 Å². The molecule has 0 spiro atoms. The van der Waals surface area contributed by atoms with Gasteiger partial charge in [-0.15, -0.1) is 0 Å². The van der Waals surface area contributed by atoms with Crippen molar-refractivity contribution in [2.24, 2.45) is 16.8 Å². The summed E-state index contributed by atoms with van der Waals surface area (Å²) in [4.78, 5) is 0. The van der Waals surface area contributed by atoms with Crippen molar-refractivity contribution in [3.8, 4) is 6.07 Å². The molecule has 1 aromatic carbocycles. The molecule has 0 fully saturated rings. The van der Waals surface area contributed by atoms with Crippen LogP contribution in [0.1, 0.15) is 5.56 Å². The maximum atomic E-state index is 12.8. The van der Waals surface area contributed by atoms with Crippen LogP contribution < -0.4 is 5.73 Å². The number of benzene rings is 1. The first kappa shape index (κ1) is 12.1. The van der Waals surface area contributed by atoms with E-state index in [-0.39, 0.29) is 11.5 Å². The fourth-order valence-corrected chi connectivity index (χ4v) is 1.61. The number of hydrazone groups is 1. The second-order valence-corrected chi connectivity index (χ2v) is 3.62. The van der Waals surface area contributed by atoms with Gasteiger partial charge in [-0.2, -0.15) is 18.4 Å². The number of nitrogens with two attached hydrogens (primary N) is 1. The van der Waals surface area contributed by atoms with Crippen LogP contribution in [0.15, 0.2) is 29.4 Å². The largest absolute Gasteiger partial charge is 0.420 e. The van der Waals surface area contributed by atoms with Gasteiger partial charge in [0, 0.05) is 0 Å². The molecule has 18 heavy (non-hydrogen) atoms. The summed E-state index contributed by atoms with van der Waals surface area (Å²) in [5.74, 6) is -0.833. The Morgan fingerprint density at radius 2 is 2.00 bits per heavy atom. The van der Waals surface area contributed by atoms with Gasteiger partial charge in [-0.05, 0) is 12.1 Å². The van der Waals surface area contributed by atoms with Crippen molar-refractivity contribution < 1.29 is 17.9 Å². The fraction of sp³-hybridized carbons (Fsp3) is 0.182. The second kappa shape index (κ2) is 4.14. The predicted molar refractivity (Wildman–Crippen MR) is 58.2 cm³/mol. The van der Waals surface area contributed by atoms with E-state index in [0.717, 1.165) is 10.8 Å². The van der Waals surface area contributed by atoms with Crippen molar-refractivity contribution in [3.63, 3.8) is 0 Å². The lowest BCUT2D eigenvalue weighted by atomic mass is 10.1. The average molecular weight is 253 g/mol. The summed E-state index contributed by atoms with van der Waals surface area (Å²) >= 11 is 0. The van der Waals surface area contributed by atoms with E-state index >= 15 is 0 Å². The number of nitrogens with zero attached hydrogens (tertiary/aromatic N) is 3. The smallest absolute Gasteiger partial charge is 0.287 e. The molecule has 1 aliphatic rings. The first-order valence-corrected chi connectivity index (χ1v) is 4.97. The SMILES string of the molecule is N#CC1C=N[N+](c2ccccc2C(F)(F)F)=C1N. The number of hydrogen-bond acceptors (Lipinski definition) is 3. The highest BCUT2D eigenvalue weighted by atomic mass is 19.4. The Kier molecular flexibility index (Phi) is 2.79. The van der Waals surface area contributed by atoms with Crippen molar-refractivity contribution in [2.45, 2.75) is 6.18 Å². The fourth-order valence-electron chi connectivity index (χ4n) is 1.61. The average Bonchev–Trinajstić information content (AvgIpc) is 2.69. The molecule has 0 bridgehead atoms. The number of rotatable bonds is 1. The Labute approximate surface area is 100 Å². The Hall–Kier alpha value is -2.36. The molecule has 92 valence electrons. The van der Waals surface area contributed by atoms with E-state index in [2.05, 4.69) is 5.10 Å². The van der Waals surface area contributed by atoms with Crippen LogP contribution in [0.3, 0.4) is 0 Å². The maximum absolute atomic E-state index is 12.8. The third-order valence-electron chi connectivity index (χ3n) is 2.47. The first-order valence-electron chi connectivity index (χ1n) is 4.97. The van der Waals surface area contributed by atoms with Gasteiger partial charge in [0.1, 0.15) is 5.56 Å². The zero-order valence-electron chi connectivity index (χ0n) is 9.02. The molecule has 7 heteroatoms. The van der Waals surface area contributed by atoms with E-state index in [0.29, 0.717) is 0 Å². The molecule has 2 rings (SSSR count). The van der Waals surface area contributed by atoms with E-state index in [9.17, 15) is 13.2 Å². The van der Waals surface area contributed by atoms with Crippen LogP contribution in [0.4, 0.5) is 18.9 Å². The van der Waals surface area contributed by atoms with E-state index in [1.54, 1.807) is 0 Å². The molecule has 0 aromatic heterocycles. The highest BCUT2D eigenvalue weighted by Crippen LogP contribution is 2.36. The number of amidine groups is 1. The van der Waals surface area contributed by atoms with Gasteiger partial charge in [0.2, 0.25) is 0 Å². The molecule has 1 atom stereocenters. The van der Waals surface area contributed by atoms with Gasteiger partial charge in [0.15, 0.2) is 11.6 Å². The number of alkyl halides is 3. The van der Waals surface area contributed by atoms with Crippen LogP contribution >= 0.6 is 0 Å². The normalized spacial score (nSPS) is 19.1. The predicted octanol–water partition coefficient (Wildman–Crippen LogP) is 1.85. The monoisotopic (exact) mass is 253 g/mol. The second-order valence-electron chi connectivity index (χ2n) is 3.62. The minimum Gasteiger partial charge on any atom is -0.287 e. The lowest BCUT2D eigenvalue weighted by molar-refractivity contribution is -0.445. The van der Waals surface area contributed by atoms with Crippen LogP contribution in [0.5, 0.6) is 0 Å². The van der Waals surface area contributed by atoms with Crippen molar-refractivity contribution in [3.05, 3.63) is 29.8 Å². The molecule has 1 aliphatic heterocycles. The summed E-state index contributed by atoms with van der Waals surface area (Å²) in [6.07, 6.45) is -3.29. The maximum Gasteiger partial charge on any atom is 0.420 e. The Balaban J connectivity index is 2.58. The summed E-state index contributed by atoms with van der Waals surface area (Å²) in [6, 6.07) is 6.77. The van der Waals surface area contributed by atoms with Gasteiger partial charge in [-0.3, -0.25) is 5.73 Å². The Bertz CT molecular complexity index is 581. The summed E-state index contributed by atoms with van der Waals surface area (Å²) in [5.41, 5.74) is 4.58. The summed E-state index contributed by atoms with van der Waals surface area (Å²) in [5, 5.41) is 12.5. The summed E-state index contributed by atoms with van der Waals surface area (Å²) in [7, 11) is 0. The molecule has 0 amide bonds. The van der Waals surface area contributed by atoms with E-state index in [1.165, 1.54) is 24.4 Å². The molecule has 2 N–H and O–H groups in total. The minimum absolute atomic E-state index is 0.0331. The molecule has 1 unspecified atom stereocenters. The molecule has 0 saturated heterocycles. The zero-order valence-corrected chi connectivity index (χ0v) is 9.02. The molecule has 0 aliphatic carbocycles. The standard InChI is InChI=1S/C11H7F3N4/c12-11(13,14)8-3-1-2-4-9(8)18-10(16)7(5-15)6-17-18/h1-4,6-7,16H/p+1. The quantitative estimate of drug-likeness (QED) is 0.776. The molecule has 0 saturated carbocycles. The van der Waals surface area contributed by atoms with Crippen molar-refractivity contribution >= 4 is 17.7 Å². The minimum atomic E-state index is -4.50. The summed E-state index contributed by atoms with van der Waals surface area (Å²) < 4.78 is 39.4. The molecular formula is C11H8F3N4+. The van der Waals surface area contributed by atoms with Crippen molar-refractivity contribution in [2.75, 3.05) is 0 Å². The van der Waals surface area contributed by atoms with Gasteiger partial charge in [0.05, 0.1) is 12.3 Å². The van der Waals surface area contributed by atoms with E-state index < -0.39 is 17.7 Å². The number of hydrogen-bond donors (Lipinski definition) is 1. The summed E-state index contributed by atoms with van der Waals surface area (Å²) in [6.45, 7) is 0. The Morgan fingerprint density at radius 3 is 2.56 bits per heavy atom. The van der Waals surface area contributed by atoms with E-state index in [4.69, 9.17) is 11.0 Å². The molecule has 1 heterocycles. The number of para-hydroxylation sites is 1. The molecule has 1 aromatic rings. The van der Waals surface area contributed by atoms with E-state index in [1.807, 2.05) is 6.07 Å².